The van der Waals surface area contributed by atoms with Crippen LogP contribution in [0.4, 0.5) is 0 Å². The van der Waals surface area contributed by atoms with Crippen LogP contribution in [0, 0.1) is 0 Å². The van der Waals surface area contributed by atoms with Gasteiger partial charge < -0.3 is 16.0 Å². The first-order chi connectivity index (χ1) is 8.89. The third kappa shape index (κ3) is 3.44. The van der Waals surface area contributed by atoms with Crippen molar-refractivity contribution in [3.05, 3.63) is 0 Å². The van der Waals surface area contributed by atoms with Crippen LogP contribution in [0.15, 0.2) is 0 Å². The summed E-state index contributed by atoms with van der Waals surface area (Å²) in [7, 11) is -3.06. The highest BCUT2D eigenvalue weighted by atomic mass is 32.2. The van der Waals surface area contributed by atoms with E-state index in [1.165, 1.54) is 4.90 Å². The van der Waals surface area contributed by atoms with Gasteiger partial charge in [0.15, 0.2) is 9.84 Å². The molecule has 0 saturated carbocycles. The van der Waals surface area contributed by atoms with Gasteiger partial charge in [-0.3, -0.25) is 9.59 Å². The fourth-order valence-electron chi connectivity index (χ4n) is 2.69. The van der Waals surface area contributed by atoms with E-state index in [2.05, 4.69) is 5.32 Å². The minimum absolute atomic E-state index is 0.0200. The van der Waals surface area contributed by atoms with Crippen LogP contribution in [0.3, 0.4) is 0 Å². The number of likely N-dealkylation sites (tertiary alicyclic amines) is 1. The Morgan fingerprint density at radius 1 is 1.37 bits per heavy atom. The Kier molecular flexibility index (Phi) is 4.10. The number of nitrogens with zero attached hydrogens (tertiary/aromatic N) is 1. The van der Waals surface area contributed by atoms with Gasteiger partial charge in [0.05, 0.1) is 11.5 Å². The summed E-state index contributed by atoms with van der Waals surface area (Å²) in [6, 6.07) is -0.895. The van der Waals surface area contributed by atoms with E-state index in [4.69, 9.17) is 5.73 Å². The van der Waals surface area contributed by atoms with Crippen LogP contribution in [-0.4, -0.2) is 61.8 Å². The molecule has 0 aromatic heterocycles. The molecule has 8 heteroatoms. The first-order valence-corrected chi connectivity index (χ1v) is 8.24. The third-order valence-electron chi connectivity index (χ3n) is 3.62. The molecule has 3 N–H and O–H groups in total. The molecule has 0 bridgehead atoms. The van der Waals surface area contributed by atoms with E-state index in [-0.39, 0.29) is 29.9 Å². The van der Waals surface area contributed by atoms with Gasteiger partial charge in [-0.15, -0.1) is 0 Å². The molecule has 2 heterocycles. The number of carbonyl (C=O) groups is 2. The van der Waals surface area contributed by atoms with E-state index >= 15 is 0 Å². The lowest BCUT2D eigenvalue weighted by Gasteiger charge is -2.27. The third-order valence-corrected chi connectivity index (χ3v) is 5.36. The van der Waals surface area contributed by atoms with Crippen LogP contribution in [-0.2, 0) is 19.4 Å². The molecule has 0 aromatic carbocycles. The number of rotatable bonds is 3. The van der Waals surface area contributed by atoms with Crippen molar-refractivity contribution in [2.24, 2.45) is 5.73 Å². The highest BCUT2D eigenvalue weighted by Gasteiger charge is 2.34. The van der Waals surface area contributed by atoms with Crippen LogP contribution in [0.1, 0.15) is 19.3 Å². The predicted molar refractivity (Wildman–Crippen MR) is 69.0 cm³/mol. The van der Waals surface area contributed by atoms with E-state index in [9.17, 15) is 18.0 Å². The minimum Gasteiger partial charge on any atom is -0.368 e. The van der Waals surface area contributed by atoms with Crippen molar-refractivity contribution in [1.29, 1.82) is 0 Å². The Balaban J connectivity index is 1.95. The largest absolute Gasteiger partial charge is 0.368 e. The molecule has 2 unspecified atom stereocenters. The molecule has 2 fully saturated rings. The van der Waals surface area contributed by atoms with Crippen LogP contribution >= 0.6 is 0 Å². The number of amides is 2. The predicted octanol–water partition coefficient (Wildman–Crippen LogP) is -1.76. The number of sulfone groups is 1. The SMILES string of the molecule is NC(=O)C1CCCN1C(=O)CC1CS(=O)(=O)CCN1. The highest BCUT2D eigenvalue weighted by Crippen LogP contribution is 2.19. The van der Waals surface area contributed by atoms with Gasteiger partial charge in [-0.2, -0.15) is 0 Å². The molecule has 0 spiro atoms. The van der Waals surface area contributed by atoms with E-state index in [0.717, 1.165) is 6.42 Å². The second-order valence-corrected chi connectivity index (χ2v) is 7.35. The molecule has 2 aliphatic rings. The lowest BCUT2D eigenvalue weighted by atomic mass is 10.1. The second-order valence-electron chi connectivity index (χ2n) is 5.12. The summed E-state index contributed by atoms with van der Waals surface area (Å²) in [5.74, 6) is -0.593. The summed E-state index contributed by atoms with van der Waals surface area (Å²) in [4.78, 5) is 24.8. The average Bonchev–Trinajstić information content (AvgIpc) is 2.76. The van der Waals surface area contributed by atoms with Crippen molar-refractivity contribution in [2.45, 2.75) is 31.3 Å². The molecule has 19 heavy (non-hydrogen) atoms. The molecule has 2 rings (SSSR count). The maximum atomic E-state index is 12.1. The van der Waals surface area contributed by atoms with E-state index in [1.54, 1.807) is 0 Å². The van der Waals surface area contributed by atoms with Crippen LogP contribution in [0.25, 0.3) is 0 Å². The second kappa shape index (κ2) is 5.46. The number of primary amides is 1. The Bertz CT molecular complexity index is 476. The van der Waals surface area contributed by atoms with Crippen molar-refractivity contribution in [2.75, 3.05) is 24.6 Å². The zero-order valence-corrected chi connectivity index (χ0v) is 11.5. The summed E-state index contributed by atoms with van der Waals surface area (Å²) in [5.41, 5.74) is 5.26. The minimum atomic E-state index is -3.06. The number of hydrogen-bond acceptors (Lipinski definition) is 5. The molecule has 2 aliphatic heterocycles. The number of nitrogens with one attached hydrogen (secondary N) is 1. The summed E-state index contributed by atoms with van der Waals surface area (Å²) in [5, 5.41) is 3.03. The average molecular weight is 289 g/mol. The summed E-state index contributed by atoms with van der Waals surface area (Å²) in [6.07, 6.45) is 1.45. The molecule has 108 valence electrons. The fraction of sp³-hybridized carbons (Fsp3) is 0.818. The Morgan fingerprint density at radius 2 is 2.11 bits per heavy atom. The fourth-order valence-corrected chi connectivity index (χ4v) is 4.13. The maximum Gasteiger partial charge on any atom is 0.240 e. The van der Waals surface area contributed by atoms with Gasteiger partial charge in [-0.1, -0.05) is 0 Å². The van der Waals surface area contributed by atoms with E-state index in [1.807, 2.05) is 0 Å². The van der Waals surface area contributed by atoms with Crippen molar-refractivity contribution in [3.8, 4) is 0 Å². The summed E-state index contributed by atoms with van der Waals surface area (Å²) >= 11 is 0. The normalized spacial score (nSPS) is 30.2. The van der Waals surface area contributed by atoms with Gasteiger partial charge in [0.1, 0.15) is 6.04 Å². The van der Waals surface area contributed by atoms with Crippen molar-refractivity contribution < 1.29 is 18.0 Å². The van der Waals surface area contributed by atoms with E-state index in [0.29, 0.717) is 19.5 Å². The Labute approximate surface area is 112 Å². The highest BCUT2D eigenvalue weighted by molar-refractivity contribution is 7.91. The Hall–Kier alpha value is -1.15. The molecule has 2 amide bonds. The quantitative estimate of drug-likeness (QED) is 0.639. The monoisotopic (exact) mass is 289 g/mol. The molecule has 0 aromatic rings. The topological polar surface area (TPSA) is 110 Å². The van der Waals surface area contributed by atoms with Crippen molar-refractivity contribution in [1.82, 2.24) is 10.2 Å². The first kappa shape index (κ1) is 14.3. The standard InChI is InChI=1S/C11H19N3O4S/c12-11(16)9-2-1-4-14(9)10(15)6-8-7-19(17,18)5-3-13-8/h8-9,13H,1-7H2,(H2,12,16). The first-order valence-electron chi connectivity index (χ1n) is 6.41. The maximum absolute atomic E-state index is 12.1. The summed E-state index contributed by atoms with van der Waals surface area (Å²) < 4.78 is 23.0. The smallest absolute Gasteiger partial charge is 0.240 e. The molecule has 0 aliphatic carbocycles. The van der Waals surface area contributed by atoms with Crippen LogP contribution < -0.4 is 11.1 Å². The number of hydrogen-bond donors (Lipinski definition) is 2. The molecule has 0 radical (unpaired) electrons. The molecular weight excluding hydrogens is 270 g/mol. The number of carbonyl (C=O) groups excluding carboxylic acids is 2. The lowest BCUT2D eigenvalue weighted by molar-refractivity contribution is -0.137. The zero-order chi connectivity index (χ0) is 14.0. The van der Waals surface area contributed by atoms with Gasteiger partial charge in [0.25, 0.3) is 0 Å². The zero-order valence-electron chi connectivity index (χ0n) is 10.7. The lowest BCUT2D eigenvalue weighted by Crippen LogP contribution is -2.50. The van der Waals surface area contributed by atoms with Gasteiger partial charge in [-0.05, 0) is 12.8 Å². The van der Waals surface area contributed by atoms with Gasteiger partial charge >= 0.3 is 0 Å². The molecule has 2 saturated heterocycles. The van der Waals surface area contributed by atoms with Crippen LogP contribution in [0.5, 0.6) is 0 Å². The van der Waals surface area contributed by atoms with E-state index < -0.39 is 21.8 Å². The van der Waals surface area contributed by atoms with Crippen LogP contribution in [0.2, 0.25) is 0 Å². The van der Waals surface area contributed by atoms with Crippen molar-refractivity contribution in [3.63, 3.8) is 0 Å². The summed E-state index contributed by atoms with van der Waals surface area (Å²) in [6.45, 7) is 0.894. The molecular formula is C11H19N3O4S. The molecule has 7 nitrogen and oxygen atoms in total. The van der Waals surface area contributed by atoms with Gasteiger partial charge in [-0.25, -0.2) is 8.42 Å². The molecule has 2 atom stereocenters. The van der Waals surface area contributed by atoms with Gasteiger partial charge in [0, 0.05) is 25.6 Å². The van der Waals surface area contributed by atoms with Crippen molar-refractivity contribution >= 4 is 21.7 Å². The van der Waals surface area contributed by atoms with Gasteiger partial charge in [0.2, 0.25) is 11.8 Å². The number of nitrogens with two attached hydrogens (primary N) is 1. The Morgan fingerprint density at radius 3 is 2.74 bits per heavy atom.